The lowest BCUT2D eigenvalue weighted by atomic mass is 10.0. The first-order chi connectivity index (χ1) is 9.47. The fourth-order valence-electron chi connectivity index (χ4n) is 1.71. The van der Waals surface area contributed by atoms with Gasteiger partial charge in [-0.25, -0.2) is 0 Å². The van der Waals surface area contributed by atoms with E-state index in [4.69, 9.17) is 23.2 Å². The molecule has 2 aromatic carbocycles. The van der Waals surface area contributed by atoms with Crippen molar-refractivity contribution in [1.82, 2.24) is 0 Å². The number of benzene rings is 2. The Morgan fingerprint density at radius 2 is 1.65 bits per heavy atom. The third-order valence-corrected chi connectivity index (χ3v) is 4.23. The van der Waals surface area contributed by atoms with Gasteiger partial charge in [0.25, 0.3) is 0 Å². The van der Waals surface area contributed by atoms with E-state index in [-0.39, 0.29) is 10.6 Å². The highest BCUT2D eigenvalue weighted by atomic mass is 79.9. The Labute approximate surface area is 133 Å². The van der Waals surface area contributed by atoms with E-state index < -0.39 is 6.61 Å². The molecule has 0 fully saturated rings. The fraction of sp³-hybridized carbons (Fsp3) is 0.143. The van der Waals surface area contributed by atoms with E-state index in [1.807, 2.05) is 0 Å². The lowest BCUT2D eigenvalue weighted by molar-refractivity contribution is -0.0498. The van der Waals surface area contributed by atoms with Gasteiger partial charge in [-0.05, 0) is 41.5 Å². The monoisotopic (exact) mass is 380 g/mol. The van der Waals surface area contributed by atoms with Crippen LogP contribution in [0.25, 0.3) is 0 Å². The standard InChI is InChI=1S/C14H9BrCl2F2O/c15-13(11-7-9(16)3-6-12(11)17)8-1-4-10(5-2-8)20-14(18)19/h1-7,13-14H. The minimum Gasteiger partial charge on any atom is -0.435 e. The molecule has 0 aliphatic heterocycles. The summed E-state index contributed by atoms with van der Waals surface area (Å²) in [5.74, 6) is 0.112. The van der Waals surface area contributed by atoms with Crippen molar-refractivity contribution in [3.63, 3.8) is 0 Å². The summed E-state index contributed by atoms with van der Waals surface area (Å²) in [7, 11) is 0. The van der Waals surface area contributed by atoms with Crippen molar-refractivity contribution in [2.24, 2.45) is 0 Å². The maximum atomic E-state index is 12.1. The van der Waals surface area contributed by atoms with Crippen molar-refractivity contribution >= 4 is 39.1 Å². The Morgan fingerprint density at radius 3 is 2.25 bits per heavy atom. The van der Waals surface area contributed by atoms with Crippen LogP contribution < -0.4 is 4.74 Å². The third-order valence-electron chi connectivity index (χ3n) is 2.63. The molecule has 0 spiro atoms. The number of rotatable bonds is 4. The van der Waals surface area contributed by atoms with Crippen molar-refractivity contribution in [2.75, 3.05) is 0 Å². The van der Waals surface area contributed by atoms with Gasteiger partial charge < -0.3 is 4.74 Å². The topological polar surface area (TPSA) is 9.23 Å². The van der Waals surface area contributed by atoms with E-state index in [1.54, 1.807) is 30.3 Å². The lowest BCUT2D eigenvalue weighted by Crippen LogP contribution is -2.02. The van der Waals surface area contributed by atoms with Crippen LogP contribution in [-0.2, 0) is 0 Å². The maximum absolute atomic E-state index is 12.1. The van der Waals surface area contributed by atoms with Crippen molar-refractivity contribution in [3.05, 3.63) is 63.6 Å². The van der Waals surface area contributed by atoms with Crippen LogP contribution in [0.5, 0.6) is 5.75 Å². The highest BCUT2D eigenvalue weighted by Gasteiger charge is 2.15. The minimum atomic E-state index is -2.83. The van der Waals surface area contributed by atoms with Crippen LogP contribution in [0.15, 0.2) is 42.5 Å². The van der Waals surface area contributed by atoms with Gasteiger partial charge in [-0.15, -0.1) is 0 Å². The zero-order valence-corrected chi connectivity index (χ0v) is 13.1. The average molecular weight is 382 g/mol. The number of alkyl halides is 3. The summed E-state index contributed by atoms with van der Waals surface area (Å²) >= 11 is 15.6. The lowest BCUT2D eigenvalue weighted by Gasteiger charge is -2.13. The van der Waals surface area contributed by atoms with E-state index in [2.05, 4.69) is 20.7 Å². The molecule has 106 valence electrons. The Morgan fingerprint density at radius 1 is 1.00 bits per heavy atom. The van der Waals surface area contributed by atoms with Gasteiger partial charge in [0, 0.05) is 10.0 Å². The third kappa shape index (κ3) is 3.84. The first kappa shape index (κ1) is 15.5. The molecule has 0 saturated carbocycles. The molecule has 2 rings (SSSR count). The van der Waals surface area contributed by atoms with Gasteiger partial charge in [-0.2, -0.15) is 8.78 Å². The number of hydrogen-bond acceptors (Lipinski definition) is 1. The molecule has 0 radical (unpaired) electrons. The van der Waals surface area contributed by atoms with Crippen LogP contribution in [0.4, 0.5) is 8.78 Å². The normalized spacial score (nSPS) is 12.5. The van der Waals surface area contributed by atoms with E-state index in [0.29, 0.717) is 10.0 Å². The predicted molar refractivity (Wildman–Crippen MR) is 80.3 cm³/mol. The van der Waals surface area contributed by atoms with Crippen LogP contribution in [0.3, 0.4) is 0 Å². The summed E-state index contributed by atoms with van der Waals surface area (Å²) in [5.41, 5.74) is 1.66. The second-order valence-corrected chi connectivity index (χ2v) is 5.74. The van der Waals surface area contributed by atoms with Crippen LogP contribution in [0, 0.1) is 0 Å². The molecular weight excluding hydrogens is 373 g/mol. The molecule has 0 aliphatic carbocycles. The Hall–Kier alpha value is -0.840. The van der Waals surface area contributed by atoms with Gasteiger partial charge in [-0.3, -0.25) is 0 Å². The smallest absolute Gasteiger partial charge is 0.387 e. The molecule has 2 aromatic rings. The summed E-state index contributed by atoms with van der Waals surface area (Å²) in [6, 6.07) is 11.5. The van der Waals surface area contributed by atoms with E-state index in [0.717, 1.165) is 11.1 Å². The number of ether oxygens (including phenoxy) is 1. The summed E-state index contributed by atoms with van der Waals surface area (Å²) in [4.78, 5) is -0.186. The highest BCUT2D eigenvalue weighted by Crippen LogP contribution is 2.37. The molecule has 0 bridgehead atoms. The largest absolute Gasteiger partial charge is 0.435 e. The highest BCUT2D eigenvalue weighted by molar-refractivity contribution is 9.09. The second-order valence-electron chi connectivity index (χ2n) is 3.98. The molecule has 0 N–H and O–H groups in total. The van der Waals surface area contributed by atoms with E-state index in [9.17, 15) is 8.78 Å². The van der Waals surface area contributed by atoms with Crippen LogP contribution in [0.2, 0.25) is 10.0 Å². The van der Waals surface area contributed by atoms with E-state index >= 15 is 0 Å². The molecule has 0 aromatic heterocycles. The van der Waals surface area contributed by atoms with Gasteiger partial charge in [0.1, 0.15) is 5.75 Å². The Bertz CT molecular complexity index is 590. The molecule has 1 unspecified atom stereocenters. The zero-order valence-electron chi connectivity index (χ0n) is 9.99. The van der Waals surface area contributed by atoms with Gasteiger partial charge >= 0.3 is 6.61 Å². The maximum Gasteiger partial charge on any atom is 0.387 e. The first-order valence-corrected chi connectivity index (χ1v) is 7.28. The zero-order chi connectivity index (χ0) is 14.7. The first-order valence-electron chi connectivity index (χ1n) is 5.61. The van der Waals surface area contributed by atoms with Gasteiger partial charge in [-0.1, -0.05) is 51.3 Å². The Kier molecular flexibility index (Phi) is 5.24. The molecule has 0 heterocycles. The van der Waals surface area contributed by atoms with Gasteiger partial charge in [0.2, 0.25) is 0 Å². The number of hydrogen-bond donors (Lipinski definition) is 0. The molecule has 20 heavy (non-hydrogen) atoms. The molecule has 0 aliphatic rings. The van der Waals surface area contributed by atoms with Crippen molar-refractivity contribution in [3.8, 4) is 5.75 Å². The molecular formula is C14H9BrCl2F2O. The molecule has 1 nitrogen and oxygen atoms in total. The summed E-state index contributed by atoms with van der Waals surface area (Å²) in [6.07, 6.45) is 0. The minimum absolute atomic E-state index is 0.112. The van der Waals surface area contributed by atoms with E-state index in [1.165, 1.54) is 12.1 Å². The predicted octanol–water partition coefficient (Wildman–Crippen LogP) is 6.08. The summed E-state index contributed by atoms with van der Waals surface area (Å²) in [6.45, 7) is -2.83. The molecule has 1 atom stereocenters. The second kappa shape index (κ2) is 6.74. The fourth-order valence-corrected chi connectivity index (χ4v) is 2.93. The molecule has 0 amide bonds. The SMILES string of the molecule is FC(F)Oc1ccc(C(Br)c2cc(Cl)ccc2Cl)cc1. The van der Waals surface area contributed by atoms with Crippen LogP contribution in [-0.4, -0.2) is 6.61 Å². The summed E-state index contributed by atoms with van der Waals surface area (Å²) < 4.78 is 28.5. The molecule has 0 saturated heterocycles. The van der Waals surface area contributed by atoms with Crippen LogP contribution >= 0.6 is 39.1 Å². The van der Waals surface area contributed by atoms with Crippen molar-refractivity contribution < 1.29 is 13.5 Å². The summed E-state index contributed by atoms with van der Waals surface area (Å²) in [5, 5.41) is 1.15. The van der Waals surface area contributed by atoms with Gasteiger partial charge in [0.15, 0.2) is 0 Å². The number of halogens is 5. The van der Waals surface area contributed by atoms with Crippen LogP contribution in [0.1, 0.15) is 16.0 Å². The molecule has 6 heteroatoms. The quantitative estimate of drug-likeness (QED) is 0.583. The van der Waals surface area contributed by atoms with Crippen molar-refractivity contribution in [1.29, 1.82) is 0 Å². The van der Waals surface area contributed by atoms with Crippen molar-refractivity contribution in [2.45, 2.75) is 11.4 Å². The average Bonchev–Trinajstić information content (AvgIpc) is 2.41. The van der Waals surface area contributed by atoms with Gasteiger partial charge in [0.05, 0.1) is 4.83 Å². The Balaban J connectivity index is 2.24.